The minimum Gasteiger partial charge on any atom is -0.325 e. The molecule has 1 aliphatic heterocycles. The lowest BCUT2D eigenvalue weighted by Gasteiger charge is -2.40. The molecule has 1 aliphatic carbocycles. The van der Waals surface area contributed by atoms with Gasteiger partial charge in [0.25, 0.3) is 5.24 Å². The van der Waals surface area contributed by atoms with Crippen molar-refractivity contribution in [3.05, 3.63) is 64.7 Å². The van der Waals surface area contributed by atoms with Crippen molar-refractivity contribution in [3.63, 3.8) is 0 Å². The average Bonchev–Trinajstić information content (AvgIpc) is 2.96. The molecule has 0 unspecified atom stereocenters. The van der Waals surface area contributed by atoms with E-state index in [1.807, 2.05) is 36.4 Å². The van der Waals surface area contributed by atoms with Crippen LogP contribution in [0.25, 0.3) is 0 Å². The first-order valence-electron chi connectivity index (χ1n) is 9.11. The normalized spacial score (nSPS) is 18.1. The summed E-state index contributed by atoms with van der Waals surface area (Å²) in [5, 5.41) is 3.46. The second-order valence-electron chi connectivity index (χ2n) is 7.13. The highest BCUT2D eigenvalue weighted by Gasteiger charge is 2.45. The van der Waals surface area contributed by atoms with Crippen LogP contribution in [0.4, 0.5) is 10.5 Å². The van der Waals surface area contributed by atoms with Gasteiger partial charge in [0, 0.05) is 10.7 Å². The lowest BCUT2D eigenvalue weighted by Crippen LogP contribution is -2.46. The molecule has 2 aliphatic rings. The van der Waals surface area contributed by atoms with E-state index in [2.05, 4.69) is 5.32 Å². The predicted molar refractivity (Wildman–Crippen MR) is 110 cm³/mol. The summed E-state index contributed by atoms with van der Waals surface area (Å²) in [6.45, 7) is 0.258. The van der Waals surface area contributed by atoms with Crippen molar-refractivity contribution in [2.24, 2.45) is 0 Å². The number of amides is 3. The Morgan fingerprint density at radius 3 is 2.29 bits per heavy atom. The third-order valence-electron chi connectivity index (χ3n) is 5.43. The van der Waals surface area contributed by atoms with Gasteiger partial charge >= 0.3 is 0 Å². The Morgan fingerprint density at radius 1 is 1.07 bits per heavy atom. The van der Waals surface area contributed by atoms with E-state index in [0.717, 1.165) is 42.2 Å². The number of carbonyl (C=O) groups excluding carboxylic acids is 3. The molecule has 144 valence electrons. The first-order chi connectivity index (χ1) is 13.5. The highest BCUT2D eigenvalue weighted by Crippen LogP contribution is 2.44. The maximum atomic E-state index is 13.0. The van der Waals surface area contributed by atoms with Crippen molar-refractivity contribution in [1.82, 2.24) is 4.90 Å². The molecule has 1 N–H and O–H groups in total. The number of nitrogens with one attached hydrogen (secondary N) is 1. The lowest BCUT2D eigenvalue weighted by molar-refractivity contribution is -0.125. The Morgan fingerprint density at radius 2 is 1.75 bits per heavy atom. The summed E-state index contributed by atoms with van der Waals surface area (Å²) in [5.41, 5.74) is 2.02. The SMILES string of the molecule is O=C1CSC(=O)N1Cc1ccc(NC(=O)C2(c3ccc(Cl)cc3)CCC2)cc1. The van der Waals surface area contributed by atoms with Gasteiger partial charge in [-0.3, -0.25) is 19.3 Å². The van der Waals surface area contributed by atoms with Crippen LogP contribution in [0.5, 0.6) is 0 Å². The number of anilines is 1. The van der Waals surface area contributed by atoms with Gasteiger partial charge in [0.15, 0.2) is 0 Å². The number of hydrogen-bond donors (Lipinski definition) is 1. The molecule has 0 radical (unpaired) electrons. The van der Waals surface area contributed by atoms with Gasteiger partial charge in [0.05, 0.1) is 17.7 Å². The van der Waals surface area contributed by atoms with E-state index >= 15 is 0 Å². The van der Waals surface area contributed by atoms with Gasteiger partial charge in [-0.25, -0.2) is 0 Å². The first kappa shape index (κ1) is 19.0. The summed E-state index contributed by atoms with van der Waals surface area (Å²) >= 11 is 7.01. The topological polar surface area (TPSA) is 66.5 Å². The van der Waals surface area contributed by atoms with Crippen LogP contribution in [0.1, 0.15) is 30.4 Å². The highest BCUT2D eigenvalue weighted by molar-refractivity contribution is 8.14. The number of rotatable bonds is 5. The van der Waals surface area contributed by atoms with E-state index in [-0.39, 0.29) is 29.4 Å². The van der Waals surface area contributed by atoms with Gasteiger partial charge in [-0.2, -0.15) is 0 Å². The average molecular weight is 415 g/mol. The minimum absolute atomic E-state index is 0.0184. The molecule has 2 fully saturated rings. The molecule has 7 heteroatoms. The largest absolute Gasteiger partial charge is 0.325 e. The molecule has 0 spiro atoms. The van der Waals surface area contributed by atoms with E-state index in [9.17, 15) is 14.4 Å². The van der Waals surface area contributed by atoms with Crippen molar-refractivity contribution in [2.75, 3.05) is 11.1 Å². The molecule has 0 atom stereocenters. The molecule has 5 nitrogen and oxygen atoms in total. The fourth-order valence-corrected chi connectivity index (χ4v) is 4.46. The second kappa shape index (κ2) is 7.60. The van der Waals surface area contributed by atoms with Crippen molar-refractivity contribution in [2.45, 2.75) is 31.2 Å². The van der Waals surface area contributed by atoms with Crippen LogP contribution in [-0.2, 0) is 21.5 Å². The van der Waals surface area contributed by atoms with E-state index < -0.39 is 5.41 Å². The monoisotopic (exact) mass is 414 g/mol. The van der Waals surface area contributed by atoms with Gasteiger partial charge in [0.2, 0.25) is 11.8 Å². The molecular weight excluding hydrogens is 396 g/mol. The standard InChI is InChI=1S/C21H19ClN2O3S/c22-16-6-4-15(5-7-16)21(10-1-11-21)19(26)23-17-8-2-14(3-9-17)12-24-18(25)13-28-20(24)27/h2-9H,1,10-13H2,(H,23,26). The van der Waals surface area contributed by atoms with Crippen LogP contribution in [0.2, 0.25) is 5.02 Å². The van der Waals surface area contributed by atoms with Crippen molar-refractivity contribution in [1.29, 1.82) is 0 Å². The molecule has 1 saturated carbocycles. The van der Waals surface area contributed by atoms with Crippen LogP contribution < -0.4 is 5.32 Å². The van der Waals surface area contributed by atoms with Crippen LogP contribution in [0.3, 0.4) is 0 Å². The Hall–Kier alpha value is -2.31. The molecule has 2 aromatic rings. The summed E-state index contributed by atoms with van der Waals surface area (Å²) in [6, 6.07) is 14.7. The summed E-state index contributed by atoms with van der Waals surface area (Å²) in [4.78, 5) is 37.7. The molecule has 2 aromatic carbocycles. The fraction of sp³-hybridized carbons (Fsp3) is 0.286. The molecule has 4 rings (SSSR count). The summed E-state index contributed by atoms with van der Waals surface area (Å²) in [7, 11) is 0. The molecule has 1 heterocycles. The number of imide groups is 1. The maximum absolute atomic E-state index is 13.0. The molecular formula is C21H19ClN2O3S. The van der Waals surface area contributed by atoms with Gasteiger partial charge < -0.3 is 5.32 Å². The number of halogens is 1. The van der Waals surface area contributed by atoms with Gasteiger partial charge in [0.1, 0.15) is 0 Å². The number of hydrogen-bond acceptors (Lipinski definition) is 4. The number of thioether (sulfide) groups is 1. The molecule has 1 saturated heterocycles. The van der Waals surface area contributed by atoms with Crippen LogP contribution in [0, 0.1) is 0 Å². The zero-order valence-corrected chi connectivity index (χ0v) is 16.7. The van der Waals surface area contributed by atoms with Crippen molar-refractivity contribution < 1.29 is 14.4 Å². The van der Waals surface area contributed by atoms with Gasteiger partial charge in [-0.15, -0.1) is 0 Å². The van der Waals surface area contributed by atoms with Crippen molar-refractivity contribution in [3.8, 4) is 0 Å². The predicted octanol–water partition coefficient (Wildman–Crippen LogP) is 4.60. The van der Waals surface area contributed by atoms with Gasteiger partial charge in [-0.1, -0.05) is 54.0 Å². The third-order valence-corrected chi connectivity index (χ3v) is 6.54. The van der Waals surface area contributed by atoms with E-state index in [4.69, 9.17) is 11.6 Å². The summed E-state index contributed by atoms with van der Waals surface area (Å²) < 4.78 is 0. The zero-order chi connectivity index (χ0) is 19.7. The quantitative estimate of drug-likeness (QED) is 0.776. The lowest BCUT2D eigenvalue weighted by atomic mass is 9.64. The summed E-state index contributed by atoms with van der Waals surface area (Å²) in [5.74, 6) is 0.0251. The molecule has 0 aromatic heterocycles. The van der Waals surface area contributed by atoms with Crippen LogP contribution >= 0.6 is 23.4 Å². The fourth-order valence-electron chi connectivity index (χ4n) is 3.61. The Balaban J connectivity index is 1.45. The Kier molecular flexibility index (Phi) is 5.17. The molecule has 28 heavy (non-hydrogen) atoms. The molecule has 0 bridgehead atoms. The van der Waals surface area contributed by atoms with E-state index in [0.29, 0.717) is 10.7 Å². The van der Waals surface area contributed by atoms with E-state index in [1.54, 1.807) is 12.1 Å². The number of nitrogens with zero attached hydrogens (tertiary/aromatic N) is 1. The third kappa shape index (κ3) is 3.54. The van der Waals surface area contributed by atoms with E-state index in [1.165, 1.54) is 4.90 Å². The van der Waals surface area contributed by atoms with Crippen LogP contribution in [-0.4, -0.2) is 27.7 Å². The van der Waals surface area contributed by atoms with Gasteiger partial charge in [-0.05, 0) is 48.2 Å². The smallest absolute Gasteiger partial charge is 0.289 e. The number of carbonyl (C=O) groups is 3. The summed E-state index contributed by atoms with van der Waals surface area (Å²) in [6.07, 6.45) is 2.65. The maximum Gasteiger partial charge on any atom is 0.289 e. The number of benzene rings is 2. The second-order valence-corrected chi connectivity index (χ2v) is 8.49. The van der Waals surface area contributed by atoms with Crippen molar-refractivity contribution >= 4 is 46.1 Å². The minimum atomic E-state index is -0.505. The van der Waals surface area contributed by atoms with Crippen LogP contribution in [0.15, 0.2) is 48.5 Å². The Labute approximate surface area is 172 Å². The first-order valence-corrected chi connectivity index (χ1v) is 10.5. The Bertz CT molecular complexity index is 908. The molecule has 3 amide bonds. The zero-order valence-electron chi connectivity index (χ0n) is 15.1. The highest BCUT2D eigenvalue weighted by atomic mass is 35.5.